The van der Waals surface area contributed by atoms with Crippen LogP contribution in [0.4, 0.5) is 0 Å². The maximum Gasteiger partial charge on any atom is 0.227 e. The van der Waals surface area contributed by atoms with Crippen LogP contribution in [0.3, 0.4) is 0 Å². The molecule has 0 fully saturated rings. The van der Waals surface area contributed by atoms with Crippen molar-refractivity contribution in [1.29, 1.82) is 0 Å². The normalized spacial score (nSPS) is 10.8. The Morgan fingerprint density at radius 1 is 1.03 bits per heavy atom. The van der Waals surface area contributed by atoms with Crippen LogP contribution in [0.25, 0.3) is 0 Å². The first-order valence-electron chi connectivity index (χ1n) is 9.61. The second kappa shape index (κ2) is 10.6. The Bertz CT molecular complexity index is 911. The molecule has 0 aliphatic rings. The third-order valence-corrected chi connectivity index (χ3v) is 4.81. The third-order valence-electron chi connectivity index (χ3n) is 4.81. The van der Waals surface area contributed by atoms with Gasteiger partial charge in [0.25, 0.3) is 0 Å². The molecule has 162 valence electrons. The summed E-state index contributed by atoms with van der Waals surface area (Å²) in [7, 11) is 1.50. The molecule has 0 aromatic heterocycles. The number of benzene rings is 2. The minimum atomic E-state index is -0.577. The van der Waals surface area contributed by atoms with Crippen molar-refractivity contribution < 1.29 is 34.8 Å². The van der Waals surface area contributed by atoms with Crippen LogP contribution in [0.15, 0.2) is 30.3 Å². The van der Waals surface area contributed by atoms with Gasteiger partial charge in [-0.2, -0.15) is 0 Å². The fourth-order valence-electron chi connectivity index (χ4n) is 3.33. The molecular formula is C22H27NO7. The van der Waals surface area contributed by atoms with Crippen molar-refractivity contribution in [2.24, 2.45) is 0 Å². The molecule has 2 aromatic carbocycles. The third kappa shape index (κ3) is 5.28. The van der Waals surface area contributed by atoms with Gasteiger partial charge in [0.2, 0.25) is 5.91 Å². The highest BCUT2D eigenvalue weighted by Crippen LogP contribution is 2.35. The van der Waals surface area contributed by atoms with Gasteiger partial charge in [0.15, 0.2) is 5.78 Å². The molecule has 0 unspecified atom stereocenters. The fourth-order valence-corrected chi connectivity index (χ4v) is 3.33. The SMILES string of the molecule is CCc1c(O)cc(O)c(C(=O)c2cccc(O)c2)c1CC(=O)N(CCO)CCOC. The number of methoxy groups -OCH3 is 1. The van der Waals surface area contributed by atoms with E-state index in [1.165, 1.54) is 36.3 Å². The zero-order chi connectivity index (χ0) is 22.3. The lowest BCUT2D eigenvalue weighted by Crippen LogP contribution is -2.37. The molecule has 0 aliphatic heterocycles. The summed E-state index contributed by atoms with van der Waals surface area (Å²) < 4.78 is 5.00. The Morgan fingerprint density at radius 3 is 2.37 bits per heavy atom. The van der Waals surface area contributed by atoms with Crippen molar-refractivity contribution in [3.63, 3.8) is 0 Å². The number of rotatable bonds is 10. The molecule has 0 saturated heterocycles. The van der Waals surface area contributed by atoms with Gasteiger partial charge < -0.3 is 30.1 Å². The topological polar surface area (TPSA) is 128 Å². The molecular weight excluding hydrogens is 390 g/mol. The van der Waals surface area contributed by atoms with Crippen LogP contribution < -0.4 is 0 Å². The van der Waals surface area contributed by atoms with E-state index < -0.39 is 11.5 Å². The largest absolute Gasteiger partial charge is 0.508 e. The Balaban J connectivity index is 2.53. The number of aliphatic hydroxyl groups excluding tert-OH is 1. The highest BCUT2D eigenvalue weighted by atomic mass is 16.5. The summed E-state index contributed by atoms with van der Waals surface area (Å²) in [6.07, 6.45) is 0.0713. The van der Waals surface area contributed by atoms with Gasteiger partial charge in [0, 0.05) is 31.8 Å². The Morgan fingerprint density at radius 2 is 1.77 bits per heavy atom. The van der Waals surface area contributed by atoms with E-state index in [-0.39, 0.29) is 66.8 Å². The number of phenols is 3. The van der Waals surface area contributed by atoms with Gasteiger partial charge in [-0.05, 0) is 29.7 Å². The van der Waals surface area contributed by atoms with Gasteiger partial charge in [0.1, 0.15) is 17.2 Å². The summed E-state index contributed by atoms with van der Waals surface area (Å²) in [4.78, 5) is 27.4. The lowest BCUT2D eigenvalue weighted by Gasteiger charge is -2.23. The number of hydrogen-bond acceptors (Lipinski definition) is 7. The van der Waals surface area contributed by atoms with Crippen LogP contribution in [0.5, 0.6) is 17.2 Å². The highest BCUT2D eigenvalue weighted by Gasteiger charge is 2.26. The van der Waals surface area contributed by atoms with Crippen LogP contribution in [0.1, 0.15) is 34.0 Å². The molecule has 4 N–H and O–H groups in total. The zero-order valence-electron chi connectivity index (χ0n) is 17.1. The van der Waals surface area contributed by atoms with Gasteiger partial charge in [0.05, 0.1) is 25.2 Å². The van der Waals surface area contributed by atoms with Crippen molar-refractivity contribution in [3.05, 3.63) is 52.6 Å². The highest BCUT2D eigenvalue weighted by molar-refractivity contribution is 6.12. The predicted octanol–water partition coefficient (Wildman–Crippen LogP) is 1.61. The molecule has 0 atom stereocenters. The number of ether oxygens (including phenoxy) is 1. The number of carbonyl (C=O) groups excluding carboxylic acids is 2. The monoisotopic (exact) mass is 417 g/mol. The second-order valence-electron chi connectivity index (χ2n) is 6.75. The van der Waals surface area contributed by atoms with E-state index in [4.69, 9.17) is 4.74 Å². The van der Waals surface area contributed by atoms with Crippen molar-refractivity contribution in [2.45, 2.75) is 19.8 Å². The molecule has 2 rings (SSSR count). The van der Waals surface area contributed by atoms with Gasteiger partial charge in [-0.25, -0.2) is 0 Å². The lowest BCUT2D eigenvalue weighted by molar-refractivity contribution is -0.131. The van der Waals surface area contributed by atoms with Crippen LogP contribution in [0.2, 0.25) is 0 Å². The summed E-state index contributed by atoms with van der Waals surface area (Å²) in [5.41, 5.74) is 0.631. The Kier molecular flexibility index (Phi) is 8.20. The molecule has 0 bridgehead atoms. The maximum absolute atomic E-state index is 13.1. The van der Waals surface area contributed by atoms with Crippen LogP contribution >= 0.6 is 0 Å². The summed E-state index contributed by atoms with van der Waals surface area (Å²) in [5, 5.41) is 39.7. The maximum atomic E-state index is 13.1. The first-order chi connectivity index (χ1) is 14.3. The molecule has 30 heavy (non-hydrogen) atoms. The molecule has 0 spiro atoms. The number of carbonyl (C=O) groups is 2. The molecule has 0 aliphatic carbocycles. The van der Waals surface area contributed by atoms with Crippen molar-refractivity contribution >= 4 is 11.7 Å². The number of ketones is 1. The second-order valence-corrected chi connectivity index (χ2v) is 6.75. The minimum Gasteiger partial charge on any atom is -0.508 e. The smallest absolute Gasteiger partial charge is 0.227 e. The van der Waals surface area contributed by atoms with E-state index in [0.717, 1.165) is 6.07 Å². The molecule has 1 amide bonds. The fraction of sp³-hybridized carbons (Fsp3) is 0.364. The molecule has 0 saturated carbocycles. The summed E-state index contributed by atoms with van der Waals surface area (Å²) in [6.45, 7) is 2.13. The van der Waals surface area contributed by atoms with E-state index in [0.29, 0.717) is 12.0 Å². The average Bonchev–Trinajstić information content (AvgIpc) is 2.70. The van der Waals surface area contributed by atoms with Crippen LogP contribution in [-0.2, 0) is 22.4 Å². The predicted molar refractivity (Wildman–Crippen MR) is 110 cm³/mol. The molecule has 2 aromatic rings. The number of amides is 1. The van der Waals surface area contributed by atoms with E-state index >= 15 is 0 Å². The molecule has 8 heteroatoms. The first kappa shape index (κ1) is 23.2. The summed E-state index contributed by atoms with van der Waals surface area (Å²) >= 11 is 0. The van der Waals surface area contributed by atoms with Gasteiger partial charge >= 0.3 is 0 Å². The Labute approximate surface area is 175 Å². The number of hydrogen-bond donors (Lipinski definition) is 4. The Hall–Kier alpha value is -3.10. The van der Waals surface area contributed by atoms with Gasteiger partial charge in [-0.3, -0.25) is 9.59 Å². The van der Waals surface area contributed by atoms with Crippen LogP contribution in [0, 0.1) is 0 Å². The summed E-state index contributed by atoms with van der Waals surface area (Å²) in [6, 6.07) is 6.75. The summed E-state index contributed by atoms with van der Waals surface area (Å²) in [5.74, 6) is -1.74. The lowest BCUT2D eigenvalue weighted by atomic mass is 9.89. The van der Waals surface area contributed by atoms with Crippen molar-refractivity contribution in [1.82, 2.24) is 4.90 Å². The van der Waals surface area contributed by atoms with E-state index in [1.807, 2.05) is 0 Å². The zero-order valence-corrected chi connectivity index (χ0v) is 17.1. The quantitative estimate of drug-likeness (QED) is 0.433. The van der Waals surface area contributed by atoms with Gasteiger partial charge in [-0.15, -0.1) is 0 Å². The molecule has 0 radical (unpaired) electrons. The number of nitrogens with zero attached hydrogens (tertiary/aromatic N) is 1. The van der Waals surface area contributed by atoms with E-state index in [1.54, 1.807) is 6.92 Å². The van der Waals surface area contributed by atoms with Gasteiger partial charge in [-0.1, -0.05) is 19.1 Å². The van der Waals surface area contributed by atoms with Crippen molar-refractivity contribution in [2.75, 3.05) is 33.4 Å². The van der Waals surface area contributed by atoms with Crippen molar-refractivity contribution in [3.8, 4) is 17.2 Å². The number of aromatic hydroxyl groups is 3. The number of aliphatic hydroxyl groups is 1. The van der Waals surface area contributed by atoms with E-state index in [9.17, 15) is 30.0 Å². The standard InChI is InChI=1S/C22H27NO7/c1-3-16-17(12-20(28)23(7-9-24)8-10-30-2)21(19(27)13-18(16)26)22(29)14-5-4-6-15(25)11-14/h4-6,11,13,24-27H,3,7-10,12H2,1-2H3. The molecule has 8 nitrogen and oxygen atoms in total. The average molecular weight is 417 g/mol. The molecule has 0 heterocycles. The first-order valence-corrected chi connectivity index (χ1v) is 9.61. The number of phenolic OH excluding ortho intramolecular Hbond substituents is 3. The van der Waals surface area contributed by atoms with E-state index in [2.05, 4.69) is 0 Å². The minimum absolute atomic E-state index is 0.0876. The van der Waals surface area contributed by atoms with Crippen LogP contribution in [-0.4, -0.2) is 70.4 Å².